The lowest BCUT2D eigenvalue weighted by Gasteiger charge is -2.01. The molecule has 0 atom stereocenters. The maximum atomic E-state index is 11.8. The summed E-state index contributed by atoms with van der Waals surface area (Å²) >= 11 is 1.69. The summed E-state index contributed by atoms with van der Waals surface area (Å²) in [6.07, 6.45) is 0.820. The van der Waals surface area contributed by atoms with Crippen LogP contribution in [0.5, 0.6) is 0 Å². The third kappa shape index (κ3) is 1.93. The van der Waals surface area contributed by atoms with Crippen molar-refractivity contribution in [2.24, 2.45) is 0 Å². The van der Waals surface area contributed by atoms with Crippen molar-refractivity contribution in [3.8, 4) is 0 Å². The zero-order chi connectivity index (χ0) is 12.5. The number of benzene rings is 1. The van der Waals surface area contributed by atoms with Gasteiger partial charge in [-0.2, -0.15) is 0 Å². The number of thiophene rings is 1. The summed E-state index contributed by atoms with van der Waals surface area (Å²) in [5.41, 5.74) is 7.71. The number of aryl methyl sites for hydroxylation is 2. The fraction of sp³-hybridized carbons (Fsp3) is 0.154. The molecule has 0 aliphatic carbocycles. The highest BCUT2D eigenvalue weighted by Crippen LogP contribution is 2.17. The van der Waals surface area contributed by atoms with Crippen LogP contribution in [0, 0.1) is 0 Å². The topological polar surface area (TPSA) is 61.2 Å². The van der Waals surface area contributed by atoms with Crippen molar-refractivity contribution in [1.82, 2.24) is 4.57 Å². The molecule has 3 rings (SSSR count). The molecule has 92 valence electrons. The Morgan fingerprint density at radius 3 is 3.00 bits per heavy atom. The first kappa shape index (κ1) is 11.1. The van der Waals surface area contributed by atoms with Gasteiger partial charge < -0.3 is 10.2 Å². The number of anilines is 1. The number of oxazole rings is 1. The van der Waals surface area contributed by atoms with E-state index in [1.54, 1.807) is 34.1 Å². The van der Waals surface area contributed by atoms with Gasteiger partial charge in [-0.3, -0.25) is 4.57 Å². The predicted molar refractivity (Wildman–Crippen MR) is 72.9 cm³/mol. The summed E-state index contributed by atoms with van der Waals surface area (Å²) in [5, 5.41) is 2.03. The molecule has 0 spiro atoms. The van der Waals surface area contributed by atoms with Crippen molar-refractivity contribution in [3.05, 3.63) is 51.1 Å². The van der Waals surface area contributed by atoms with Crippen LogP contribution < -0.4 is 11.5 Å². The summed E-state index contributed by atoms with van der Waals surface area (Å²) in [7, 11) is 0. The minimum Gasteiger partial charge on any atom is -0.408 e. The second-order valence-electron chi connectivity index (χ2n) is 4.08. The Hall–Kier alpha value is -2.01. The zero-order valence-corrected chi connectivity index (χ0v) is 10.4. The molecule has 0 aliphatic rings. The Bertz CT molecular complexity index is 725. The summed E-state index contributed by atoms with van der Waals surface area (Å²) in [5.74, 6) is -0.327. The molecule has 2 heterocycles. The highest BCUT2D eigenvalue weighted by Gasteiger charge is 2.09. The number of nitrogens with two attached hydrogens (primary N) is 1. The van der Waals surface area contributed by atoms with E-state index in [2.05, 4.69) is 6.07 Å². The fourth-order valence-corrected chi connectivity index (χ4v) is 2.67. The summed E-state index contributed by atoms with van der Waals surface area (Å²) in [6.45, 7) is 0.607. The van der Waals surface area contributed by atoms with E-state index in [0.717, 1.165) is 11.9 Å². The lowest BCUT2D eigenvalue weighted by Crippen LogP contribution is -2.15. The third-order valence-corrected chi connectivity index (χ3v) is 3.79. The number of hydrogen-bond acceptors (Lipinski definition) is 4. The number of rotatable bonds is 3. The fourth-order valence-electron chi connectivity index (χ4n) is 1.97. The molecular formula is C13H12N2O2S. The Balaban J connectivity index is 1.98. The molecule has 1 aromatic carbocycles. The van der Waals surface area contributed by atoms with Crippen LogP contribution in [0.25, 0.3) is 11.1 Å². The van der Waals surface area contributed by atoms with Gasteiger partial charge in [0.1, 0.15) is 0 Å². The molecule has 5 heteroatoms. The van der Waals surface area contributed by atoms with Crippen LogP contribution in [-0.2, 0) is 13.0 Å². The molecule has 0 bridgehead atoms. The molecule has 2 N–H and O–H groups in total. The highest BCUT2D eigenvalue weighted by molar-refractivity contribution is 7.09. The molecule has 4 nitrogen and oxygen atoms in total. The number of nitrogen functional groups attached to an aromatic ring is 1. The van der Waals surface area contributed by atoms with Gasteiger partial charge >= 0.3 is 5.76 Å². The van der Waals surface area contributed by atoms with Crippen LogP contribution in [0.15, 0.2) is 44.9 Å². The van der Waals surface area contributed by atoms with E-state index in [1.165, 1.54) is 4.88 Å². The predicted octanol–water partition coefficient (Wildman–Crippen LogP) is 2.48. The van der Waals surface area contributed by atoms with Gasteiger partial charge in [0, 0.05) is 17.1 Å². The van der Waals surface area contributed by atoms with Gasteiger partial charge in [-0.15, -0.1) is 11.3 Å². The van der Waals surface area contributed by atoms with Crippen molar-refractivity contribution in [2.45, 2.75) is 13.0 Å². The second-order valence-corrected chi connectivity index (χ2v) is 5.11. The van der Waals surface area contributed by atoms with E-state index < -0.39 is 0 Å². The monoisotopic (exact) mass is 260 g/mol. The van der Waals surface area contributed by atoms with Crippen molar-refractivity contribution >= 4 is 28.1 Å². The first-order valence-electron chi connectivity index (χ1n) is 5.65. The highest BCUT2D eigenvalue weighted by atomic mass is 32.1. The van der Waals surface area contributed by atoms with Gasteiger partial charge in [0.2, 0.25) is 0 Å². The minimum atomic E-state index is -0.327. The van der Waals surface area contributed by atoms with E-state index in [9.17, 15) is 4.79 Å². The van der Waals surface area contributed by atoms with E-state index in [-0.39, 0.29) is 5.76 Å². The maximum absolute atomic E-state index is 11.8. The Morgan fingerprint density at radius 2 is 2.22 bits per heavy atom. The normalized spacial score (nSPS) is 11.1. The van der Waals surface area contributed by atoms with Gasteiger partial charge in [0.05, 0.1) is 5.52 Å². The minimum absolute atomic E-state index is 0.327. The molecular weight excluding hydrogens is 248 g/mol. The number of fused-ring (bicyclic) bond motifs is 1. The summed E-state index contributed by atoms with van der Waals surface area (Å²) < 4.78 is 6.81. The summed E-state index contributed by atoms with van der Waals surface area (Å²) in [4.78, 5) is 13.0. The molecule has 0 fully saturated rings. The Kier molecular flexibility index (Phi) is 2.68. The SMILES string of the molecule is Nc1ccc2oc(=O)n(CCc3cccs3)c2c1. The third-order valence-electron chi connectivity index (χ3n) is 2.85. The van der Waals surface area contributed by atoms with Gasteiger partial charge in [0.25, 0.3) is 0 Å². The van der Waals surface area contributed by atoms with Crippen molar-refractivity contribution in [3.63, 3.8) is 0 Å². The molecule has 0 saturated heterocycles. The van der Waals surface area contributed by atoms with Gasteiger partial charge in [-0.05, 0) is 36.1 Å². The van der Waals surface area contributed by atoms with E-state index in [1.807, 2.05) is 11.4 Å². The first-order chi connectivity index (χ1) is 8.74. The van der Waals surface area contributed by atoms with Crippen LogP contribution in [-0.4, -0.2) is 4.57 Å². The first-order valence-corrected chi connectivity index (χ1v) is 6.53. The molecule has 0 radical (unpaired) electrons. The van der Waals surface area contributed by atoms with Gasteiger partial charge in [-0.1, -0.05) is 6.07 Å². The van der Waals surface area contributed by atoms with Gasteiger partial charge in [0.15, 0.2) is 5.58 Å². The lowest BCUT2D eigenvalue weighted by atomic mass is 10.3. The average Bonchev–Trinajstić information content (AvgIpc) is 2.94. The lowest BCUT2D eigenvalue weighted by molar-refractivity contribution is 0.506. The molecule has 0 saturated carbocycles. The van der Waals surface area contributed by atoms with Crippen molar-refractivity contribution in [2.75, 3.05) is 5.73 Å². The molecule has 18 heavy (non-hydrogen) atoms. The van der Waals surface area contributed by atoms with Crippen LogP contribution in [0.4, 0.5) is 5.69 Å². The smallest absolute Gasteiger partial charge is 0.408 e. The van der Waals surface area contributed by atoms with E-state index in [4.69, 9.17) is 10.2 Å². The van der Waals surface area contributed by atoms with Crippen molar-refractivity contribution < 1.29 is 4.42 Å². The standard InChI is InChI=1S/C13H12N2O2S/c14-9-3-4-12-11(8-9)15(13(16)17-12)6-5-10-2-1-7-18-10/h1-4,7-8H,5-6,14H2. The van der Waals surface area contributed by atoms with E-state index >= 15 is 0 Å². The largest absolute Gasteiger partial charge is 0.419 e. The number of aromatic nitrogens is 1. The molecule has 0 amide bonds. The second kappa shape index (κ2) is 4.34. The molecule has 3 aromatic rings. The Labute approximate surface area is 107 Å². The molecule has 2 aromatic heterocycles. The van der Waals surface area contributed by atoms with E-state index in [0.29, 0.717) is 17.8 Å². The van der Waals surface area contributed by atoms with Crippen LogP contribution in [0.1, 0.15) is 4.88 Å². The average molecular weight is 260 g/mol. The molecule has 0 aliphatic heterocycles. The maximum Gasteiger partial charge on any atom is 0.419 e. The van der Waals surface area contributed by atoms with Gasteiger partial charge in [-0.25, -0.2) is 4.79 Å². The summed E-state index contributed by atoms with van der Waals surface area (Å²) in [6, 6.07) is 9.30. The quantitative estimate of drug-likeness (QED) is 0.736. The zero-order valence-electron chi connectivity index (χ0n) is 9.63. The van der Waals surface area contributed by atoms with Crippen LogP contribution >= 0.6 is 11.3 Å². The molecule has 0 unspecified atom stereocenters. The number of hydrogen-bond donors (Lipinski definition) is 1. The number of nitrogens with zero attached hydrogens (tertiary/aromatic N) is 1. The Morgan fingerprint density at radius 1 is 1.33 bits per heavy atom. The van der Waals surface area contributed by atoms with Crippen LogP contribution in [0.2, 0.25) is 0 Å². The van der Waals surface area contributed by atoms with Crippen molar-refractivity contribution in [1.29, 1.82) is 0 Å². The van der Waals surface area contributed by atoms with Crippen LogP contribution in [0.3, 0.4) is 0 Å².